The number of hydrogen-bond acceptors (Lipinski definition) is 2. The number of isothiocyanates is 1. The van der Waals surface area contributed by atoms with Gasteiger partial charge < -0.3 is 0 Å². The van der Waals surface area contributed by atoms with Crippen LogP contribution in [0.4, 0.5) is 5.69 Å². The maximum Gasteiger partial charge on any atom is 0.111 e. The van der Waals surface area contributed by atoms with Gasteiger partial charge in [0.2, 0.25) is 0 Å². The monoisotopic (exact) mass is 431 g/mol. The smallest absolute Gasteiger partial charge is 0.111 e. The van der Waals surface area contributed by atoms with Gasteiger partial charge in [0, 0.05) is 0 Å². The lowest BCUT2D eigenvalue weighted by Gasteiger charge is -2.29. The summed E-state index contributed by atoms with van der Waals surface area (Å²) in [6.07, 6.45) is 10.9. The fourth-order valence-corrected chi connectivity index (χ4v) is 4.96. The van der Waals surface area contributed by atoms with Gasteiger partial charge in [0.05, 0.1) is 15.2 Å². The molecular formula is C24H27Cl2NS. The molecule has 0 atom stereocenters. The lowest BCUT2D eigenvalue weighted by molar-refractivity contribution is 0.303. The van der Waals surface area contributed by atoms with E-state index < -0.39 is 0 Å². The van der Waals surface area contributed by atoms with E-state index >= 15 is 0 Å². The first-order valence-electron chi connectivity index (χ1n) is 10.3. The van der Waals surface area contributed by atoms with Crippen LogP contribution in [0.25, 0.3) is 11.1 Å². The molecule has 1 saturated carbocycles. The molecule has 0 spiro atoms. The van der Waals surface area contributed by atoms with E-state index in [0.717, 1.165) is 17.0 Å². The van der Waals surface area contributed by atoms with Crippen LogP contribution in [0.2, 0.25) is 10.0 Å². The van der Waals surface area contributed by atoms with Gasteiger partial charge in [0.1, 0.15) is 5.69 Å². The van der Waals surface area contributed by atoms with Crippen LogP contribution >= 0.6 is 35.4 Å². The van der Waals surface area contributed by atoms with Crippen LogP contribution in [-0.4, -0.2) is 5.16 Å². The van der Waals surface area contributed by atoms with Gasteiger partial charge in [-0.15, -0.1) is 0 Å². The second kappa shape index (κ2) is 10.6. The Morgan fingerprint density at radius 1 is 0.964 bits per heavy atom. The van der Waals surface area contributed by atoms with E-state index in [1.54, 1.807) is 0 Å². The van der Waals surface area contributed by atoms with E-state index in [0.29, 0.717) is 21.7 Å². The van der Waals surface area contributed by atoms with Gasteiger partial charge in [0.25, 0.3) is 0 Å². The van der Waals surface area contributed by atoms with Gasteiger partial charge in [-0.25, -0.2) is 0 Å². The Bertz CT molecular complexity index is 809. The lowest BCUT2D eigenvalue weighted by atomic mass is 9.77. The van der Waals surface area contributed by atoms with Crippen molar-refractivity contribution in [2.45, 2.75) is 64.2 Å². The van der Waals surface area contributed by atoms with Crippen molar-refractivity contribution in [3.8, 4) is 11.1 Å². The van der Waals surface area contributed by atoms with Gasteiger partial charge >= 0.3 is 0 Å². The second-order valence-electron chi connectivity index (χ2n) is 7.83. The summed E-state index contributed by atoms with van der Waals surface area (Å²) in [5.41, 5.74) is 4.03. The average molecular weight is 432 g/mol. The van der Waals surface area contributed by atoms with Crippen molar-refractivity contribution in [2.75, 3.05) is 0 Å². The molecule has 0 saturated heterocycles. The molecule has 0 bridgehead atoms. The van der Waals surface area contributed by atoms with E-state index in [4.69, 9.17) is 23.2 Å². The highest BCUT2D eigenvalue weighted by atomic mass is 35.5. The van der Waals surface area contributed by atoms with Crippen LogP contribution in [0.5, 0.6) is 0 Å². The van der Waals surface area contributed by atoms with Crippen molar-refractivity contribution >= 4 is 46.3 Å². The molecule has 0 aromatic heterocycles. The highest BCUT2D eigenvalue weighted by Crippen LogP contribution is 2.40. The van der Waals surface area contributed by atoms with Crippen LogP contribution < -0.4 is 0 Å². The van der Waals surface area contributed by atoms with E-state index in [1.165, 1.54) is 56.9 Å². The maximum absolute atomic E-state index is 6.31. The Balaban J connectivity index is 1.65. The fraction of sp³-hybridized carbons (Fsp3) is 0.458. The van der Waals surface area contributed by atoms with Crippen LogP contribution in [0, 0.1) is 5.92 Å². The number of aliphatic imine (C=N–C) groups is 1. The summed E-state index contributed by atoms with van der Waals surface area (Å²) in [4.78, 5) is 3.95. The van der Waals surface area contributed by atoms with Crippen LogP contribution in [-0.2, 0) is 0 Å². The SMILES string of the molecule is CCCCCC1CCC(c2ccc(-c3cc(Cl)c(N=C=S)c(Cl)c3)cc2)CC1. The number of unbranched alkanes of at least 4 members (excludes halogenated alkanes) is 2. The Morgan fingerprint density at radius 3 is 2.18 bits per heavy atom. The molecule has 1 fully saturated rings. The minimum atomic E-state index is 0.481. The molecule has 1 aliphatic carbocycles. The van der Waals surface area contributed by atoms with E-state index in [1.807, 2.05) is 12.1 Å². The molecule has 0 amide bonds. The van der Waals surface area contributed by atoms with E-state index in [2.05, 4.69) is 53.6 Å². The first kappa shape index (κ1) is 21.5. The van der Waals surface area contributed by atoms with Crippen LogP contribution in [0.3, 0.4) is 0 Å². The molecule has 148 valence electrons. The number of halogens is 2. The molecule has 0 aliphatic heterocycles. The van der Waals surface area contributed by atoms with Crippen molar-refractivity contribution in [2.24, 2.45) is 10.9 Å². The second-order valence-corrected chi connectivity index (χ2v) is 8.82. The third-order valence-corrected chi connectivity index (χ3v) is 6.62. The molecule has 0 unspecified atom stereocenters. The minimum Gasteiger partial charge on any atom is -0.192 e. The van der Waals surface area contributed by atoms with Crippen LogP contribution in [0.15, 0.2) is 41.4 Å². The highest BCUT2D eigenvalue weighted by molar-refractivity contribution is 7.78. The van der Waals surface area contributed by atoms with Crippen molar-refractivity contribution in [1.29, 1.82) is 0 Å². The third-order valence-electron chi connectivity index (χ3n) is 5.95. The standard InChI is InChI=1S/C24H27Cl2NS/c1-2-3-4-5-17-6-8-18(9-7-17)19-10-12-20(13-11-19)21-14-22(25)24(27-16-28)23(26)15-21/h10-15,17-18H,2-9H2,1H3. The number of thiocarbonyl (C=S) groups is 1. The molecule has 0 heterocycles. The lowest BCUT2D eigenvalue weighted by Crippen LogP contribution is -2.13. The average Bonchev–Trinajstić information content (AvgIpc) is 2.71. The van der Waals surface area contributed by atoms with E-state index in [-0.39, 0.29) is 0 Å². The van der Waals surface area contributed by atoms with Crippen molar-refractivity contribution in [3.05, 3.63) is 52.0 Å². The fourth-order valence-electron chi connectivity index (χ4n) is 4.30. The molecule has 0 radical (unpaired) electrons. The van der Waals surface area contributed by atoms with Gasteiger partial charge in [-0.2, -0.15) is 4.99 Å². The summed E-state index contributed by atoms with van der Waals surface area (Å²) in [5, 5.41) is 3.31. The normalized spacial score (nSPS) is 19.2. The molecule has 3 rings (SSSR count). The number of nitrogens with zero attached hydrogens (tertiary/aromatic N) is 1. The van der Waals surface area contributed by atoms with Crippen molar-refractivity contribution in [1.82, 2.24) is 0 Å². The van der Waals surface area contributed by atoms with Gasteiger partial charge in [-0.05, 0) is 78.6 Å². The first-order valence-corrected chi connectivity index (χ1v) is 11.5. The Kier molecular flexibility index (Phi) is 8.11. The molecule has 1 nitrogen and oxygen atoms in total. The predicted molar refractivity (Wildman–Crippen MR) is 125 cm³/mol. The summed E-state index contributed by atoms with van der Waals surface area (Å²) >= 11 is 17.3. The van der Waals surface area contributed by atoms with Crippen molar-refractivity contribution in [3.63, 3.8) is 0 Å². The predicted octanol–water partition coefficient (Wildman–Crippen LogP) is 9.25. The van der Waals surface area contributed by atoms with E-state index in [9.17, 15) is 0 Å². The number of benzene rings is 2. The van der Waals surface area contributed by atoms with Gasteiger partial charge in [-0.3, -0.25) is 0 Å². The highest BCUT2D eigenvalue weighted by Gasteiger charge is 2.22. The largest absolute Gasteiger partial charge is 0.192 e. The summed E-state index contributed by atoms with van der Waals surface area (Å²) in [6.45, 7) is 2.28. The van der Waals surface area contributed by atoms with Gasteiger partial charge in [0.15, 0.2) is 0 Å². The molecule has 28 heavy (non-hydrogen) atoms. The maximum atomic E-state index is 6.31. The molecule has 1 aliphatic rings. The number of rotatable bonds is 7. The summed E-state index contributed by atoms with van der Waals surface area (Å²) < 4.78 is 0. The summed E-state index contributed by atoms with van der Waals surface area (Å²) in [5.74, 6) is 1.64. The Morgan fingerprint density at radius 2 is 1.61 bits per heavy atom. The molecule has 4 heteroatoms. The minimum absolute atomic E-state index is 0.481. The molecule has 2 aromatic rings. The molecule has 0 N–H and O–H groups in total. The zero-order chi connectivity index (χ0) is 19.9. The Hall–Kier alpha value is -1.18. The first-order chi connectivity index (χ1) is 13.6. The molecule has 2 aromatic carbocycles. The van der Waals surface area contributed by atoms with Crippen molar-refractivity contribution < 1.29 is 0 Å². The third kappa shape index (κ3) is 5.45. The summed E-state index contributed by atoms with van der Waals surface area (Å²) in [7, 11) is 0. The zero-order valence-corrected chi connectivity index (χ0v) is 18.7. The summed E-state index contributed by atoms with van der Waals surface area (Å²) in [6, 6.07) is 12.6. The van der Waals surface area contributed by atoms with Gasteiger partial charge in [-0.1, -0.05) is 80.1 Å². The topological polar surface area (TPSA) is 12.4 Å². The van der Waals surface area contributed by atoms with Crippen LogP contribution in [0.1, 0.15) is 69.8 Å². The number of hydrogen-bond donors (Lipinski definition) is 0. The quantitative estimate of drug-likeness (QED) is 0.241. The Labute approximate surface area is 184 Å². The molecular weight excluding hydrogens is 405 g/mol. The zero-order valence-electron chi connectivity index (χ0n) is 16.4.